The molecule has 1 aliphatic rings. The van der Waals surface area contributed by atoms with Crippen molar-refractivity contribution < 1.29 is 9.53 Å². The third-order valence-corrected chi connectivity index (χ3v) is 4.34. The molecule has 0 spiro atoms. The summed E-state index contributed by atoms with van der Waals surface area (Å²) in [5.74, 6) is 0.000199. The number of pyridine rings is 1. The number of rotatable bonds is 3. The number of hydrogen-bond acceptors (Lipinski definition) is 3. The van der Waals surface area contributed by atoms with Gasteiger partial charge in [-0.1, -0.05) is 18.0 Å². The van der Waals surface area contributed by atoms with Crippen LogP contribution in [0.25, 0.3) is 5.65 Å². The van der Waals surface area contributed by atoms with Crippen molar-refractivity contribution in [2.45, 2.75) is 32.1 Å². The predicted molar refractivity (Wildman–Crippen MR) is 80.5 cm³/mol. The molecule has 0 aromatic carbocycles. The molecular weight excluding hydrogens is 344 g/mol. The van der Waals surface area contributed by atoms with Crippen molar-refractivity contribution in [2.24, 2.45) is 0 Å². The van der Waals surface area contributed by atoms with Crippen molar-refractivity contribution in [1.82, 2.24) is 9.38 Å². The van der Waals surface area contributed by atoms with E-state index in [1.807, 2.05) is 6.20 Å². The van der Waals surface area contributed by atoms with Crippen LogP contribution in [0.5, 0.6) is 0 Å². The van der Waals surface area contributed by atoms with Crippen molar-refractivity contribution in [1.29, 1.82) is 0 Å². The molecule has 0 N–H and O–H groups in total. The number of esters is 1. The number of halogens is 2. The van der Waals surface area contributed by atoms with E-state index in [1.54, 1.807) is 17.4 Å². The molecule has 2 heterocycles. The van der Waals surface area contributed by atoms with Gasteiger partial charge in [-0.2, -0.15) is 0 Å². The standard InChI is InChI=1S/C14H14BrClN2O2/c1-2-20-14(19)12-11(8-4-3-5-8)17-13-10(16)6-9(15)7-18(12)13/h6-8H,2-5H2,1H3. The van der Waals surface area contributed by atoms with E-state index in [2.05, 4.69) is 20.9 Å². The molecule has 1 fully saturated rings. The van der Waals surface area contributed by atoms with Gasteiger partial charge in [-0.15, -0.1) is 0 Å². The van der Waals surface area contributed by atoms with E-state index in [0.29, 0.717) is 28.9 Å². The van der Waals surface area contributed by atoms with Gasteiger partial charge in [0.25, 0.3) is 0 Å². The molecular formula is C14H14BrClN2O2. The van der Waals surface area contributed by atoms with Crippen molar-refractivity contribution in [3.63, 3.8) is 0 Å². The van der Waals surface area contributed by atoms with E-state index in [-0.39, 0.29) is 5.97 Å². The van der Waals surface area contributed by atoms with Crippen LogP contribution in [0.3, 0.4) is 0 Å². The normalized spacial score (nSPS) is 15.3. The molecule has 0 amide bonds. The average molecular weight is 358 g/mol. The minimum atomic E-state index is -0.337. The van der Waals surface area contributed by atoms with Crippen LogP contribution in [0.15, 0.2) is 16.7 Å². The van der Waals surface area contributed by atoms with Crippen LogP contribution >= 0.6 is 27.5 Å². The van der Waals surface area contributed by atoms with Crippen molar-refractivity contribution >= 4 is 39.1 Å². The van der Waals surface area contributed by atoms with Crippen molar-refractivity contribution in [3.05, 3.63) is 33.1 Å². The van der Waals surface area contributed by atoms with Crippen LogP contribution in [0, 0.1) is 0 Å². The van der Waals surface area contributed by atoms with Gasteiger partial charge in [0.15, 0.2) is 11.3 Å². The highest BCUT2D eigenvalue weighted by molar-refractivity contribution is 9.10. The summed E-state index contributed by atoms with van der Waals surface area (Å²) in [6.45, 7) is 2.14. The van der Waals surface area contributed by atoms with E-state index in [0.717, 1.165) is 23.0 Å². The van der Waals surface area contributed by atoms with Crippen molar-refractivity contribution in [2.75, 3.05) is 6.61 Å². The number of aromatic nitrogens is 2. The summed E-state index contributed by atoms with van der Waals surface area (Å²) in [6.07, 6.45) is 5.12. The molecule has 0 radical (unpaired) electrons. The maximum atomic E-state index is 12.3. The fraction of sp³-hybridized carbons (Fsp3) is 0.429. The molecule has 2 aromatic rings. The Hall–Kier alpha value is -1.07. The van der Waals surface area contributed by atoms with Gasteiger partial charge in [0.2, 0.25) is 0 Å². The van der Waals surface area contributed by atoms with Gasteiger partial charge in [-0.3, -0.25) is 4.40 Å². The SMILES string of the molecule is CCOC(=O)c1c(C2CCC2)nc2c(Cl)cc(Br)cn12. The maximum absolute atomic E-state index is 12.3. The Morgan fingerprint density at radius 2 is 2.35 bits per heavy atom. The molecule has 1 saturated carbocycles. The minimum Gasteiger partial charge on any atom is -0.461 e. The molecule has 0 unspecified atom stereocenters. The smallest absolute Gasteiger partial charge is 0.357 e. The number of ether oxygens (including phenoxy) is 1. The lowest BCUT2D eigenvalue weighted by Crippen LogP contribution is -2.16. The summed E-state index contributed by atoms with van der Waals surface area (Å²) >= 11 is 9.63. The molecule has 0 atom stereocenters. The fourth-order valence-electron chi connectivity index (χ4n) is 2.46. The second-order valence-electron chi connectivity index (χ2n) is 4.89. The Balaban J connectivity index is 2.23. The largest absolute Gasteiger partial charge is 0.461 e. The first kappa shape index (κ1) is 13.9. The molecule has 0 bridgehead atoms. The van der Waals surface area contributed by atoms with Crippen LogP contribution in [0.2, 0.25) is 5.02 Å². The summed E-state index contributed by atoms with van der Waals surface area (Å²) in [5.41, 5.74) is 1.93. The van der Waals surface area contributed by atoms with Gasteiger partial charge >= 0.3 is 5.97 Å². The molecule has 20 heavy (non-hydrogen) atoms. The van der Waals surface area contributed by atoms with Gasteiger partial charge in [0, 0.05) is 16.6 Å². The van der Waals surface area contributed by atoms with Gasteiger partial charge in [-0.25, -0.2) is 9.78 Å². The molecule has 2 aromatic heterocycles. The maximum Gasteiger partial charge on any atom is 0.357 e. The fourth-order valence-corrected chi connectivity index (χ4v) is 3.28. The Morgan fingerprint density at radius 1 is 1.60 bits per heavy atom. The number of hydrogen-bond donors (Lipinski definition) is 0. The van der Waals surface area contributed by atoms with Crippen LogP contribution < -0.4 is 0 Å². The topological polar surface area (TPSA) is 43.6 Å². The Bertz CT molecular complexity index is 679. The van der Waals surface area contributed by atoms with E-state index < -0.39 is 0 Å². The zero-order valence-electron chi connectivity index (χ0n) is 11.0. The van der Waals surface area contributed by atoms with Crippen LogP contribution in [0.4, 0.5) is 0 Å². The van der Waals surface area contributed by atoms with Crippen molar-refractivity contribution in [3.8, 4) is 0 Å². The molecule has 106 valence electrons. The Morgan fingerprint density at radius 3 is 2.95 bits per heavy atom. The zero-order chi connectivity index (χ0) is 14.3. The summed E-state index contributed by atoms with van der Waals surface area (Å²) in [6, 6.07) is 1.78. The molecule has 0 aliphatic heterocycles. The van der Waals surface area contributed by atoms with Crippen LogP contribution in [-0.4, -0.2) is 22.0 Å². The highest BCUT2D eigenvalue weighted by atomic mass is 79.9. The molecule has 6 heteroatoms. The van der Waals surface area contributed by atoms with E-state index in [9.17, 15) is 4.79 Å². The Labute approximate surface area is 130 Å². The number of nitrogens with zero attached hydrogens (tertiary/aromatic N) is 2. The molecule has 4 nitrogen and oxygen atoms in total. The quantitative estimate of drug-likeness (QED) is 0.773. The first-order valence-corrected chi connectivity index (χ1v) is 7.83. The summed E-state index contributed by atoms with van der Waals surface area (Å²) in [7, 11) is 0. The van der Waals surface area contributed by atoms with Gasteiger partial charge in [0.1, 0.15) is 0 Å². The minimum absolute atomic E-state index is 0.337. The first-order chi connectivity index (χ1) is 9.61. The van der Waals surface area contributed by atoms with Gasteiger partial charge in [0.05, 0.1) is 17.3 Å². The third-order valence-electron chi connectivity index (χ3n) is 3.63. The lowest BCUT2D eigenvalue weighted by Gasteiger charge is -2.24. The lowest BCUT2D eigenvalue weighted by molar-refractivity contribution is 0.0515. The second-order valence-corrected chi connectivity index (χ2v) is 6.22. The monoisotopic (exact) mass is 356 g/mol. The highest BCUT2D eigenvalue weighted by Gasteiger charge is 2.30. The molecule has 3 rings (SSSR count). The summed E-state index contributed by atoms with van der Waals surface area (Å²) in [5, 5.41) is 0.524. The number of imidazole rings is 1. The highest BCUT2D eigenvalue weighted by Crippen LogP contribution is 2.39. The zero-order valence-corrected chi connectivity index (χ0v) is 13.4. The summed E-state index contributed by atoms with van der Waals surface area (Å²) in [4.78, 5) is 16.9. The average Bonchev–Trinajstić information content (AvgIpc) is 2.66. The number of fused-ring (bicyclic) bond motifs is 1. The Kier molecular flexibility index (Phi) is 3.73. The number of carbonyl (C=O) groups is 1. The van der Waals surface area contributed by atoms with E-state index >= 15 is 0 Å². The summed E-state index contributed by atoms with van der Waals surface area (Å²) < 4.78 is 7.71. The molecule has 1 aliphatic carbocycles. The van der Waals surface area contributed by atoms with Gasteiger partial charge in [-0.05, 0) is 41.8 Å². The first-order valence-electron chi connectivity index (χ1n) is 6.66. The van der Waals surface area contributed by atoms with Crippen LogP contribution in [0.1, 0.15) is 48.3 Å². The van der Waals surface area contributed by atoms with E-state index in [4.69, 9.17) is 16.3 Å². The second kappa shape index (κ2) is 5.37. The van der Waals surface area contributed by atoms with Crippen LogP contribution in [-0.2, 0) is 4.74 Å². The number of carbonyl (C=O) groups excluding carboxylic acids is 1. The predicted octanol–water partition coefficient (Wildman–Crippen LogP) is 4.19. The van der Waals surface area contributed by atoms with Gasteiger partial charge < -0.3 is 4.74 Å². The lowest BCUT2D eigenvalue weighted by atomic mass is 9.82. The van der Waals surface area contributed by atoms with E-state index in [1.165, 1.54) is 6.42 Å². The molecule has 0 saturated heterocycles. The third kappa shape index (κ3) is 2.23.